The average Bonchev–Trinajstić information content (AvgIpc) is 2.90. The Hall–Kier alpha value is -2.48. The van der Waals surface area contributed by atoms with Crippen LogP contribution in [0.3, 0.4) is 0 Å². The molecule has 22 heavy (non-hydrogen) atoms. The molecule has 8 heteroatoms. The van der Waals surface area contributed by atoms with E-state index in [1.54, 1.807) is 18.3 Å². The molecule has 2 heterocycles. The number of methoxy groups -OCH3 is 1. The topological polar surface area (TPSA) is 72.8 Å². The first-order valence-corrected chi connectivity index (χ1v) is 7.03. The number of nitrogens with zero attached hydrogens (tertiary/aromatic N) is 3. The Morgan fingerprint density at radius 3 is 2.82 bits per heavy atom. The smallest absolute Gasteiger partial charge is 0.349 e. The summed E-state index contributed by atoms with van der Waals surface area (Å²) >= 11 is 3.27. The summed E-state index contributed by atoms with van der Waals surface area (Å²) in [6.07, 6.45) is 1.57. The van der Waals surface area contributed by atoms with Gasteiger partial charge < -0.3 is 4.74 Å². The number of hydrogen-bond acceptors (Lipinski definition) is 4. The molecule has 6 nitrogen and oxygen atoms in total. The Morgan fingerprint density at radius 1 is 1.32 bits per heavy atom. The van der Waals surface area contributed by atoms with Crippen LogP contribution in [0.25, 0.3) is 17.2 Å². The summed E-state index contributed by atoms with van der Waals surface area (Å²) in [5.41, 5.74) is 0.0966. The van der Waals surface area contributed by atoms with Crippen LogP contribution in [0.15, 0.2) is 45.8 Å². The lowest BCUT2D eigenvalue weighted by molar-refractivity contribution is 0.387. The fraction of sp³-hybridized carbons (Fsp3) is 0.0714. The van der Waals surface area contributed by atoms with Crippen molar-refractivity contribution < 1.29 is 9.13 Å². The minimum absolute atomic E-state index is 0.0784. The van der Waals surface area contributed by atoms with Gasteiger partial charge in [0.15, 0.2) is 23.2 Å². The molecule has 0 saturated heterocycles. The summed E-state index contributed by atoms with van der Waals surface area (Å²) in [5, 5.41) is 4.18. The highest BCUT2D eigenvalue weighted by molar-refractivity contribution is 9.10. The largest absolute Gasteiger partial charge is 0.494 e. The van der Waals surface area contributed by atoms with Crippen LogP contribution in [-0.4, -0.2) is 26.9 Å². The van der Waals surface area contributed by atoms with E-state index >= 15 is 0 Å². The third kappa shape index (κ3) is 2.64. The molecule has 0 spiro atoms. The number of rotatable bonds is 3. The first kappa shape index (κ1) is 14.5. The number of pyridine rings is 1. The molecule has 3 rings (SSSR count). The number of benzene rings is 1. The first-order valence-electron chi connectivity index (χ1n) is 6.23. The van der Waals surface area contributed by atoms with Gasteiger partial charge in [-0.1, -0.05) is 0 Å². The normalized spacial score (nSPS) is 10.7. The summed E-state index contributed by atoms with van der Waals surface area (Å²) < 4.78 is 20.3. The maximum atomic E-state index is 13.4. The van der Waals surface area contributed by atoms with E-state index in [-0.39, 0.29) is 5.75 Å². The lowest BCUT2D eigenvalue weighted by Gasteiger charge is -2.03. The van der Waals surface area contributed by atoms with Gasteiger partial charge in [0.25, 0.3) is 0 Å². The molecule has 0 atom stereocenters. The van der Waals surface area contributed by atoms with Crippen molar-refractivity contribution in [3.05, 3.63) is 57.3 Å². The fourth-order valence-electron chi connectivity index (χ4n) is 1.91. The number of ether oxygens (including phenoxy) is 1. The van der Waals surface area contributed by atoms with Crippen LogP contribution in [0.4, 0.5) is 4.39 Å². The Bertz CT molecular complexity index is 873. The molecule has 1 N–H and O–H groups in total. The minimum Gasteiger partial charge on any atom is -0.494 e. The molecular weight excluding hydrogens is 355 g/mol. The Kier molecular flexibility index (Phi) is 3.76. The molecule has 0 fully saturated rings. The predicted octanol–water partition coefficient (Wildman–Crippen LogP) is 2.53. The molecule has 0 radical (unpaired) electrons. The minimum atomic E-state index is -0.484. The highest BCUT2D eigenvalue weighted by Crippen LogP contribution is 2.23. The maximum Gasteiger partial charge on any atom is 0.349 e. The van der Waals surface area contributed by atoms with Gasteiger partial charge in [0.1, 0.15) is 0 Å². The first-order chi connectivity index (χ1) is 10.6. The van der Waals surface area contributed by atoms with Crippen LogP contribution in [0.5, 0.6) is 5.75 Å². The summed E-state index contributed by atoms with van der Waals surface area (Å²) in [6, 6.07) is 7.64. The van der Waals surface area contributed by atoms with E-state index < -0.39 is 11.5 Å². The standard InChI is InChI=1S/C14H10BrFN4O2/c1-22-11-6-8(2-4-10(11)16)13-18-14(21)20(19-13)12-5-3-9(15)7-17-12/h2-7H,1H3,(H,18,19,21). The van der Waals surface area contributed by atoms with Crippen molar-refractivity contribution in [2.24, 2.45) is 0 Å². The zero-order chi connectivity index (χ0) is 15.7. The van der Waals surface area contributed by atoms with E-state index in [4.69, 9.17) is 4.74 Å². The highest BCUT2D eigenvalue weighted by Gasteiger charge is 2.12. The molecule has 0 aliphatic heterocycles. The van der Waals surface area contributed by atoms with Gasteiger partial charge in [-0.05, 0) is 46.3 Å². The average molecular weight is 365 g/mol. The van der Waals surface area contributed by atoms with Gasteiger partial charge in [-0.2, -0.15) is 4.68 Å². The van der Waals surface area contributed by atoms with E-state index in [2.05, 4.69) is 31.0 Å². The van der Waals surface area contributed by atoms with Gasteiger partial charge in [-0.25, -0.2) is 14.2 Å². The molecule has 0 aliphatic carbocycles. The van der Waals surface area contributed by atoms with Crippen LogP contribution in [0, 0.1) is 5.82 Å². The van der Waals surface area contributed by atoms with Crippen LogP contribution >= 0.6 is 15.9 Å². The third-order valence-electron chi connectivity index (χ3n) is 2.97. The quantitative estimate of drug-likeness (QED) is 0.774. The van der Waals surface area contributed by atoms with Crippen LogP contribution in [0.1, 0.15) is 0 Å². The maximum absolute atomic E-state index is 13.4. The number of halogens is 2. The number of aromatic nitrogens is 4. The Morgan fingerprint density at radius 2 is 2.14 bits per heavy atom. The van der Waals surface area contributed by atoms with Crippen molar-refractivity contribution in [1.29, 1.82) is 0 Å². The molecule has 0 aliphatic rings. The molecule has 0 bridgehead atoms. The Balaban J connectivity index is 2.05. The Labute approximate surface area is 132 Å². The van der Waals surface area contributed by atoms with E-state index in [1.165, 1.54) is 25.3 Å². The molecule has 112 valence electrons. The number of aromatic amines is 1. The van der Waals surface area contributed by atoms with Crippen molar-refractivity contribution in [2.75, 3.05) is 7.11 Å². The molecule has 2 aromatic heterocycles. The molecule has 0 unspecified atom stereocenters. The number of hydrogen-bond donors (Lipinski definition) is 1. The molecule has 0 saturated carbocycles. The van der Waals surface area contributed by atoms with Crippen molar-refractivity contribution in [1.82, 2.24) is 19.7 Å². The fourth-order valence-corrected chi connectivity index (χ4v) is 2.14. The second kappa shape index (κ2) is 5.72. The van der Waals surface area contributed by atoms with Gasteiger partial charge in [-0.15, -0.1) is 5.10 Å². The van der Waals surface area contributed by atoms with Gasteiger partial charge in [0.2, 0.25) is 0 Å². The summed E-state index contributed by atoms with van der Waals surface area (Å²) in [5.74, 6) is 0.273. The molecular formula is C14H10BrFN4O2. The predicted molar refractivity (Wildman–Crippen MR) is 81.6 cm³/mol. The summed E-state index contributed by atoms with van der Waals surface area (Å²) in [6.45, 7) is 0. The number of H-pyrrole nitrogens is 1. The lowest BCUT2D eigenvalue weighted by atomic mass is 10.2. The van der Waals surface area contributed by atoms with Gasteiger partial charge in [0, 0.05) is 16.2 Å². The van der Waals surface area contributed by atoms with Crippen molar-refractivity contribution in [3.8, 4) is 23.0 Å². The van der Waals surface area contributed by atoms with Crippen molar-refractivity contribution in [2.45, 2.75) is 0 Å². The van der Waals surface area contributed by atoms with Crippen molar-refractivity contribution >= 4 is 15.9 Å². The highest BCUT2D eigenvalue weighted by atomic mass is 79.9. The van der Waals surface area contributed by atoms with E-state index in [0.29, 0.717) is 17.2 Å². The van der Waals surface area contributed by atoms with Gasteiger partial charge in [0.05, 0.1) is 7.11 Å². The van der Waals surface area contributed by atoms with E-state index in [9.17, 15) is 9.18 Å². The molecule has 1 aromatic carbocycles. The second-order valence-electron chi connectivity index (χ2n) is 4.37. The third-order valence-corrected chi connectivity index (χ3v) is 3.44. The number of nitrogens with one attached hydrogen (secondary N) is 1. The second-order valence-corrected chi connectivity index (χ2v) is 5.29. The van der Waals surface area contributed by atoms with Crippen molar-refractivity contribution in [3.63, 3.8) is 0 Å². The SMILES string of the molecule is COc1cc(-c2nn(-c3ccc(Br)cn3)c(=O)[nH]2)ccc1F. The molecule has 0 amide bonds. The molecule has 3 aromatic rings. The lowest BCUT2D eigenvalue weighted by Crippen LogP contribution is -2.16. The summed E-state index contributed by atoms with van der Waals surface area (Å²) in [4.78, 5) is 18.7. The van der Waals surface area contributed by atoms with Crippen LogP contribution in [0.2, 0.25) is 0 Å². The van der Waals surface area contributed by atoms with Crippen LogP contribution < -0.4 is 10.4 Å². The zero-order valence-corrected chi connectivity index (χ0v) is 13.0. The van der Waals surface area contributed by atoms with E-state index in [0.717, 1.165) is 9.15 Å². The zero-order valence-electron chi connectivity index (χ0n) is 11.4. The van der Waals surface area contributed by atoms with Gasteiger partial charge in [-0.3, -0.25) is 4.98 Å². The van der Waals surface area contributed by atoms with E-state index in [1.807, 2.05) is 0 Å². The van der Waals surface area contributed by atoms with Crippen LogP contribution in [-0.2, 0) is 0 Å². The van der Waals surface area contributed by atoms with Gasteiger partial charge >= 0.3 is 5.69 Å². The monoisotopic (exact) mass is 364 g/mol. The summed E-state index contributed by atoms with van der Waals surface area (Å²) in [7, 11) is 1.37.